The number of nitrogens with zero attached hydrogens (tertiary/aromatic N) is 3. The molecule has 3 aromatic rings. The van der Waals surface area contributed by atoms with Crippen LogP contribution in [0.5, 0.6) is 0 Å². The van der Waals surface area contributed by atoms with Gasteiger partial charge in [-0.15, -0.1) is 11.8 Å². The van der Waals surface area contributed by atoms with E-state index in [0.717, 1.165) is 58.1 Å². The number of ether oxygens (including phenoxy) is 1. The second-order valence-electron chi connectivity index (χ2n) is 7.03. The first kappa shape index (κ1) is 22.2. The zero-order valence-electron chi connectivity index (χ0n) is 17.1. The number of aromatic nitrogens is 3. The van der Waals surface area contributed by atoms with Crippen LogP contribution in [-0.4, -0.2) is 27.4 Å². The summed E-state index contributed by atoms with van der Waals surface area (Å²) in [6.07, 6.45) is 1.93. The highest BCUT2D eigenvalue weighted by Gasteiger charge is 2.20. The highest BCUT2D eigenvalue weighted by Crippen LogP contribution is 2.31. The summed E-state index contributed by atoms with van der Waals surface area (Å²) >= 11 is 14.0. The number of pyridine rings is 1. The van der Waals surface area contributed by atoms with E-state index in [9.17, 15) is 0 Å². The number of halogens is 2. The summed E-state index contributed by atoms with van der Waals surface area (Å²) in [6, 6.07) is 5.62. The molecule has 0 fully saturated rings. The first-order valence-electron chi connectivity index (χ1n) is 9.57. The first-order valence-corrected chi connectivity index (χ1v) is 11.3. The summed E-state index contributed by atoms with van der Waals surface area (Å²) in [4.78, 5) is 10.3. The molecule has 0 bridgehead atoms. The highest BCUT2D eigenvalue weighted by atomic mass is 35.5. The molecule has 0 radical (unpaired) electrons. The highest BCUT2D eigenvalue weighted by molar-refractivity contribution is 7.99. The molecule has 2 heterocycles. The monoisotopic (exact) mass is 452 g/mol. The number of benzene rings is 1. The number of thioether (sulfide) groups is 1. The van der Waals surface area contributed by atoms with Gasteiger partial charge in [0.15, 0.2) is 5.82 Å². The number of methoxy groups -OCH3 is 1. The van der Waals surface area contributed by atoms with Crippen LogP contribution in [0.15, 0.2) is 23.1 Å². The average Bonchev–Trinajstić information content (AvgIpc) is 3.07. The lowest BCUT2D eigenvalue weighted by atomic mass is 10.2. The predicted molar refractivity (Wildman–Crippen MR) is 123 cm³/mol. The number of unbranched alkanes of at least 4 members (excludes halogenated alkanes) is 1. The van der Waals surface area contributed by atoms with Gasteiger partial charge in [-0.1, -0.05) is 23.2 Å². The minimum Gasteiger partial charge on any atom is -0.382 e. The minimum absolute atomic E-state index is 0.122. The van der Waals surface area contributed by atoms with Crippen LogP contribution in [0.2, 0.25) is 10.0 Å². The standard InChI is InChI=1S/C21H26Cl2N4OS/c1-12-13(2)25-20(24)18-19(12)27(21(26-18)14(3)28-4)9-5-6-10-29-17-8-7-15(22)11-16(17)23/h7-8,11,14H,5-6,9-10H2,1-4H3,(H2,24,25). The molecule has 3 rings (SSSR count). The van der Waals surface area contributed by atoms with Gasteiger partial charge in [0.05, 0.1) is 10.5 Å². The van der Waals surface area contributed by atoms with Gasteiger partial charge in [-0.25, -0.2) is 9.97 Å². The number of rotatable bonds is 8. The van der Waals surface area contributed by atoms with E-state index in [0.29, 0.717) is 15.9 Å². The number of fused-ring (bicyclic) bond motifs is 1. The Bertz CT molecular complexity index is 1020. The van der Waals surface area contributed by atoms with Crippen molar-refractivity contribution in [3.63, 3.8) is 0 Å². The van der Waals surface area contributed by atoms with Crippen LogP contribution in [0.25, 0.3) is 11.0 Å². The molecule has 0 saturated carbocycles. The Labute approximate surface area is 185 Å². The van der Waals surface area contributed by atoms with Gasteiger partial charge >= 0.3 is 0 Å². The van der Waals surface area contributed by atoms with Gasteiger partial charge in [0, 0.05) is 29.3 Å². The maximum atomic E-state index is 6.26. The van der Waals surface area contributed by atoms with E-state index < -0.39 is 0 Å². The van der Waals surface area contributed by atoms with Crippen LogP contribution < -0.4 is 5.73 Å². The van der Waals surface area contributed by atoms with Crippen molar-refractivity contribution in [2.75, 3.05) is 18.6 Å². The normalized spacial score (nSPS) is 12.6. The van der Waals surface area contributed by atoms with Crippen molar-refractivity contribution >= 4 is 51.8 Å². The van der Waals surface area contributed by atoms with E-state index in [1.807, 2.05) is 26.0 Å². The van der Waals surface area contributed by atoms with E-state index in [-0.39, 0.29) is 6.10 Å². The zero-order chi connectivity index (χ0) is 21.1. The smallest absolute Gasteiger partial charge is 0.151 e. The minimum atomic E-state index is -0.122. The van der Waals surface area contributed by atoms with Crippen molar-refractivity contribution in [3.8, 4) is 0 Å². The van der Waals surface area contributed by atoms with Crippen molar-refractivity contribution in [1.82, 2.24) is 14.5 Å². The fourth-order valence-corrected chi connectivity index (χ4v) is 4.81. The van der Waals surface area contributed by atoms with Crippen molar-refractivity contribution in [1.29, 1.82) is 0 Å². The molecule has 0 spiro atoms. The van der Waals surface area contributed by atoms with E-state index in [2.05, 4.69) is 16.5 Å². The Hall–Kier alpha value is -1.47. The predicted octanol–water partition coefficient (Wildman–Crippen LogP) is 6.22. The summed E-state index contributed by atoms with van der Waals surface area (Å²) in [5.74, 6) is 2.34. The molecule has 5 nitrogen and oxygen atoms in total. The van der Waals surface area contributed by atoms with Gasteiger partial charge in [0.2, 0.25) is 0 Å². The summed E-state index contributed by atoms with van der Waals surface area (Å²) in [6.45, 7) is 6.90. The number of nitrogen functional groups attached to an aromatic ring is 1. The van der Waals surface area contributed by atoms with Crippen molar-refractivity contribution in [2.45, 2.75) is 51.2 Å². The molecular formula is C21H26Cl2N4OS. The van der Waals surface area contributed by atoms with Gasteiger partial charge in [-0.05, 0) is 63.1 Å². The maximum absolute atomic E-state index is 6.26. The van der Waals surface area contributed by atoms with Crippen molar-refractivity contribution in [3.05, 3.63) is 45.3 Å². The molecule has 0 amide bonds. The van der Waals surface area contributed by atoms with Gasteiger partial charge < -0.3 is 15.0 Å². The number of aryl methyl sites for hydroxylation is 3. The average molecular weight is 453 g/mol. The lowest BCUT2D eigenvalue weighted by Crippen LogP contribution is -2.10. The third-order valence-corrected chi connectivity index (χ3v) is 6.89. The second kappa shape index (κ2) is 9.56. The Morgan fingerprint density at radius 3 is 2.66 bits per heavy atom. The van der Waals surface area contributed by atoms with Gasteiger partial charge in [0.25, 0.3) is 0 Å². The molecule has 0 aliphatic carbocycles. The molecule has 1 aromatic carbocycles. The third-order valence-electron chi connectivity index (χ3n) is 5.07. The molecule has 2 aromatic heterocycles. The van der Waals surface area contributed by atoms with Gasteiger partial charge in [0.1, 0.15) is 17.4 Å². The summed E-state index contributed by atoms with van der Waals surface area (Å²) in [5.41, 5.74) is 10.0. The molecule has 1 atom stereocenters. The Morgan fingerprint density at radius 2 is 1.97 bits per heavy atom. The molecule has 156 valence electrons. The van der Waals surface area contributed by atoms with E-state index in [4.69, 9.17) is 38.7 Å². The van der Waals surface area contributed by atoms with Crippen LogP contribution in [0.3, 0.4) is 0 Å². The molecular weight excluding hydrogens is 427 g/mol. The Morgan fingerprint density at radius 1 is 1.21 bits per heavy atom. The van der Waals surface area contributed by atoms with E-state index in [1.165, 1.54) is 0 Å². The van der Waals surface area contributed by atoms with Crippen molar-refractivity contribution < 1.29 is 4.74 Å². The quantitative estimate of drug-likeness (QED) is 0.324. The van der Waals surface area contributed by atoms with Gasteiger partial charge in [-0.3, -0.25) is 0 Å². The van der Waals surface area contributed by atoms with Crippen LogP contribution in [0.1, 0.15) is 43.0 Å². The van der Waals surface area contributed by atoms with Crippen LogP contribution >= 0.6 is 35.0 Å². The lowest BCUT2D eigenvalue weighted by molar-refractivity contribution is 0.109. The topological polar surface area (TPSA) is 66.0 Å². The fraction of sp³-hybridized carbons (Fsp3) is 0.429. The summed E-state index contributed by atoms with van der Waals surface area (Å²) in [5, 5.41) is 1.36. The van der Waals surface area contributed by atoms with Crippen LogP contribution in [-0.2, 0) is 11.3 Å². The maximum Gasteiger partial charge on any atom is 0.151 e. The summed E-state index contributed by atoms with van der Waals surface area (Å²) < 4.78 is 7.79. The summed E-state index contributed by atoms with van der Waals surface area (Å²) in [7, 11) is 1.70. The molecule has 0 aliphatic rings. The largest absolute Gasteiger partial charge is 0.382 e. The molecule has 0 saturated heterocycles. The van der Waals surface area contributed by atoms with Gasteiger partial charge in [-0.2, -0.15) is 0 Å². The number of nitrogens with two attached hydrogens (primary N) is 1. The Balaban J connectivity index is 1.75. The number of hydrogen-bond donors (Lipinski definition) is 1. The first-order chi connectivity index (χ1) is 13.8. The fourth-order valence-electron chi connectivity index (χ4n) is 3.31. The molecule has 29 heavy (non-hydrogen) atoms. The third kappa shape index (κ3) is 4.82. The number of imidazole rings is 1. The molecule has 1 unspecified atom stereocenters. The molecule has 8 heteroatoms. The Kier molecular flexibility index (Phi) is 7.32. The SMILES string of the molecule is COC(C)c1nc2c(N)nc(C)c(C)c2n1CCCCSc1ccc(Cl)cc1Cl. The number of anilines is 1. The van der Waals surface area contributed by atoms with E-state index >= 15 is 0 Å². The van der Waals surface area contributed by atoms with Crippen LogP contribution in [0, 0.1) is 13.8 Å². The molecule has 2 N–H and O–H groups in total. The van der Waals surface area contributed by atoms with E-state index in [1.54, 1.807) is 24.9 Å². The lowest BCUT2D eigenvalue weighted by Gasteiger charge is -2.15. The van der Waals surface area contributed by atoms with Crippen LogP contribution in [0.4, 0.5) is 5.82 Å². The number of hydrogen-bond acceptors (Lipinski definition) is 5. The zero-order valence-corrected chi connectivity index (χ0v) is 19.5. The second-order valence-corrected chi connectivity index (χ2v) is 9.01. The molecule has 0 aliphatic heterocycles. The van der Waals surface area contributed by atoms with Crippen molar-refractivity contribution in [2.24, 2.45) is 0 Å².